The fourth-order valence-electron chi connectivity index (χ4n) is 7.06. The van der Waals surface area contributed by atoms with Crippen LogP contribution in [0.5, 0.6) is 0 Å². The summed E-state index contributed by atoms with van der Waals surface area (Å²) in [4.78, 5) is 34.0. The minimum absolute atomic E-state index is 0.173. The van der Waals surface area contributed by atoms with Crippen LogP contribution in [-0.4, -0.2) is 11.8 Å². The van der Waals surface area contributed by atoms with Crippen LogP contribution >= 0.6 is 15.9 Å². The van der Waals surface area contributed by atoms with E-state index in [1.165, 1.54) is 0 Å². The van der Waals surface area contributed by atoms with Gasteiger partial charge in [0.1, 0.15) is 5.76 Å². The summed E-state index contributed by atoms with van der Waals surface area (Å²) >= 11 is 3.69. The lowest BCUT2D eigenvalue weighted by Crippen LogP contribution is -2.55. The van der Waals surface area contributed by atoms with E-state index in [0.29, 0.717) is 28.3 Å². The van der Waals surface area contributed by atoms with E-state index in [1.807, 2.05) is 175 Å². The summed E-state index contributed by atoms with van der Waals surface area (Å²) in [5.41, 5.74) is 4.09. The predicted molar refractivity (Wildman–Crippen MR) is 198 cm³/mol. The van der Waals surface area contributed by atoms with E-state index in [-0.39, 0.29) is 18.2 Å². The second kappa shape index (κ2) is 12.7. The van der Waals surface area contributed by atoms with Crippen LogP contribution in [0, 0.1) is 0 Å². The molecule has 0 radical (unpaired) electrons. The molecule has 0 aromatic heterocycles. The maximum absolute atomic E-state index is 15.6. The fraction of sp³-hybridized carbons (Fsp3) is 0.0698. The molecule has 0 unspecified atom stereocenters. The van der Waals surface area contributed by atoms with E-state index in [1.54, 1.807) is 4.90 Å². The van der Waals surface area contributed by atoms with Gasteiger partial charge in [-0.1, -0.05) is 149 Å². The van der Waals surface area contributed by atoms with Crippen LogP contribution in [0.1, 0.15) is 45.1 Å². The molecule has 6 heteroatoms. The first-order valence-corrected chi connectivity index (χ1v) is 17.0. The van der Waals surface area contributed by atoms with E-state index >= 15 is 4.79 Å². The zero-order valence-electron chi connectivity index (χ0n) is 26.4. The number of nitrogens with zero attached hydrogens (tertiary/aromatic N) is 2. The number of carbonyl (C=O) groups is 2. The molecule has 6 aromatic carbocycles. The van der Waals surface area contributed by atoms with Crippen molar-refractivity contribution in [1.82, 2.24) is 0 Å². The Kier molecular flexibility index (Phi) is 7.94. The maximum atomic E-state index is 15.6. The van der Waals surface area contributed by atoms with Crippen LogP contribution < -0.4 is 9.80 Å². The smallest absolute Gasteiger partial charge is 0.266 e. The normalized spacial score (nSPS) is 18.6. The first kappa shape index (κ1) is 30.6. The molecular formula is C43H31BrN2O3. The number of rotatable bonds is 5. The molecule has 0 bridgehead atoms. The van der Waals surface area contributed by atoms with Crippen LogP contribution in [0.4, 0.5) is 11.4 Å². The van der Waals surface area contributed by atoms with Gasteiger partial charge in [-0.15, -0.1) is 0 Å². The van der Waals surface area contributed by atoms with Crippen molar-refractivity contribution in [2.45, 2.75) is 18.2 Å². The summed E-state index contributed by atoms with van der Waals surface area (Å²) in [5, 5.41) is 0. The molecule has 2 aliphatic rings. The number of ether oxygens (including phenoxy) is 1. The highest BCUT2D eigenvalue weighted by molar-refractivity contribution is 9.10. The van der Waals surface area contributed by atoms with Crippen molar-refractivity contribution in [1.29, 1.82) is 0 Å². The lowest BCUT2D eigenvalue weighted by atomic mass is 9.86. The molecule has 238 valence electrons. The van der Waals surface area contributed by atoms with Crippen molar-refractivity contribution >= 4 is 50.5 Å². The van der Waals surface area contributed by atoms with Gasteiger partial charge in [-0.3, -0.25) is 19.4 Å². The van der Waals surface area contributed by atoms with Crippen molar-refractivity contribution in [2.24, 2.45) is 0 Å². The van der Waals surface area contributed by atoms with Crippen LogP contribution in [0.3, 0.4) is 0 Å². The Bertz CT molecular complexity index is 2190. The van der Waals surface area contributed by atoms with Gasteiger partial charge in [0, 0.05) is 27.6 Å². The molecule has 0 N–H and O–H groups in total. The Morgan fingerprint density at radius 1 is 0.653 bits per heavy atom. The molecule has 6 aromatic rings. The Morgan fingerprint density at radius 2 is 1.22 bits per heavy atom. The predicted octanol–water partition coefficient (Wildman–Crippen LogP) is 10.0. The summed E-state index contributed by atoms with van der Waals surface area (Å²) in [5.74, 6) is 0.105. The van der Waals surface area contributed by atoms with Crippen LogP contribution in [0.25, 0.3) is 11.3 Å². The zero-order chi connectivity index (χ0) is 33.4. The van der Waals surface area contributed by atoms with Crippen molar-refractivity contribution in [2.75, 3.05) is 9.80 Å². The molecule has 0 fully saturated rings. The van der Waals surface area contributed by atoms with E-state index in [0.717, 1.165) is 26.7 Å². The molecule has 2 amide bonds. The second-order valence-corrected chi connectivity index (χ2v) is 13.0. The lowest BCUT2D eigenvalue weighted by molar-refractivity contribution is -0.120. The van der Waals surface area contributed by atoms with Crippen LogP contribution in [0.15, 0.2) is 174 Å². The molecule has 0 aliphatic carbocycles. The largest absolute Gasteiger partial charge is 0.462 e. The number of hydrogen-bond acceptors (Lipinski definition) is 3. The van der Waals surface area contributed by atoms with Crippen LogP contribution in [-0.2, 0) is 15.3 Å². The number of fused-ring (bicyclic) bond motifs is 3. The van der Waals surface area contributed by atoms with Gasteiger partial charge in [0.15, 0.2) is 0 Å². The molecule has 49 heavy (non-hydrogen) atoms. The number of benzene rings is 6. The molecule has 8 rings (SSSR count). The standard InChI is InChI=1S/C43H31BrN2O3/c44-35-25-15-22-33(28-35)38-29-43(34-23-11-4-12-24-34)46(37-27-14-13-26-36(37)45(38)41(47)32-20-9-3-10-21-32)42(48)39(30-16-5-1-6-17-30)40(49-43)31-18-7-2-8-19-31/h1-28,38H,29H2/t38-,43+/m1/s1. The minimum Gasteiger partial charge on any atom is -0.462 e. The first-order chi connectivity index (χ1) is 24.0. The van der Waals surface area contributed by atoms with Gasteiger partial charge in [-0.2, -0.15) is 0 Å². The van der Waals surface area contributed by atoms with Crippen LogP contribution in [0.2, 0.25) is 0 Å². The highest BCUT2D eigenvalue weighted by Crippen LogP contribution is 2.56. The molecule has 2 aliphatic heterocycles. The van der Waals surface area contributed by atoms with Gasteiger partial charge >= 0.3 is 0 Å². The number of carbonyl (C=O) groups excluding carboxylic acids is 2. The van der Waals surface area contributed by atoms with Crippen molar-refractivity contribution < 1.29 is 14.3 Å². The van der Waals surface area contributed by atoms with Gasteiger partial charge in [0.05, 0.1) is 23.0 Å². The molecule has 0 spiro atoms. The molecule has 5 nitrogen and oxygen atoms in total. The van der Waals surface area contributed by atoms with E-state index in [2.05, 4.69) is 15.9 Å². The number of anilines is 2. The first-order valence-electron chi connectivity index (χ1n) is 16.2. The summed E-state index contributed by atoms with van der Waals surface area (Å²) < 4.78 is 8.36. The fourth-order valence-corrected chi connectivity index (χ4v) is 7.48. The highest BCUT2D eigenvalue weighted by Gasteiger charge is 2.56. The number of para-hydroxylation sites is 2. The summed E-state index contributed by atoms with van der Waals surface area (Å²) in [7, 11) is 0. The Morgan fingerprint density at radius 3 is 1.88 bits per heavy atom. The van der Waals surface area contributed by atoms with Gasteiger partial charge in [-0.25, -0.2) is 0 Å². The molecular weight excluding hydrogens is 672 g/mol. The van der Waals surface area contributed by atoms with E-state index < -0.39 is 11.8 Å². The van der Waals surface area contributed by atoms with Gasteiger partial charge in [0.25, 0.3) is 11.8 Å². The van der Waals surface area contributed by atoms with Gasteiger partial charge < -0.3 is 4.74 Å². The van der Waals surface area contributed by atoms with Gasteiger partial charge in [0.2, 0.25) is 5.72 Å². The van der Waals surface area contributed by atoms with E-state index in [9.17, 15) is 4.79 Å². The van der Waals surface area contributed by atoms with Crippen molar-refractivity contribution in [3.05, 3.63) is 202 Å². The maximum Gasteiger partial charge on any atom is 0.266 e. The monoisotopic (exact) mass is 702 g/mol. The highest BCUT2D eigenvalue weighted by atomic mass is 79.9. The number of amides is 2. The average molecular weight is 704 g/mol. The summed E-state index contributed by atoms with van der Waals surface area (Å²) in [6.07, 6.45) is 0.241. The Balaban J connectivity index is 1.47. The number of halogens is 1. The lowest BCUT2D eigenvalue weighted by Gasteiger charge is -2.48. The average Bonchev–Trinajstić information content (AvgIpc) is 3.29. The minimum atomic E-state index is -1.35. The van der Waals surface area contributed by atoms with Gasteiger partial charge in [-0.05, 0) is 47.5 Å². The van der Waals surface area contributed by atoms with E-state index in [4.69, 9.17) is 4.74 Å². The Labute approximate surface area is 293 Å². The third-order valence-corrected chi connectivity index (χ3v) is 9.73. The van der Waals surface area contributed by atoms with Crippen molar-refractivity contribution in [3.63, 3.8) is 0 Å². The second-order valence-electron chi connectivity index (χ2n) is 12.1. The third kappa shape index (κ3) is 5.35. The SMILES string of the molecule is O=C(c1ccccc1)N1c2ccccc2N2C(=O)C(c3ccccc3)=C(c3ccccc3)O[C@]2(c2ccccc2)C[C@@H]1c1cccc(Br)c1. The molecule has 0 saturated heterocycles. The van der Waals surface area contributed by atoms with Crippen molar-refractivity contribution in [3.8, 4) is 0 Å². The quantitative estimate of drug-likeness (QED) is 0.180. The zero-order valence-corrected chi connectivity index (χ0v) is 28.0. The Hall–Kier alpha value is -5.72. The topological polar surface area (TPSA) is 49.9 Å². The molecule has 2 heterocycles. The molecule has 2 atom stereocenters. The number of hydrogen-bond donors (Lipinski definition) is 0. The third-order valence-electron chi connectivity index (χ3n) is 9.24. The summed E-state index contributed by atoms with van der Waals surface area (Å²) in [6.45, 7) is 0. The molecule has 0 saturated carbocycles. The summed E-state index contributed by atoms with van der Waals surface area (Å²) in [6, 6.07) is 53.8.